The smallest absolute Gasteiger partial charge is 0.270 e. The van der Waals surface area contributed by atoms with Crippen molar-refractivity contribution in [3.05, 3.63) is 39.9 Å². The van der Waals surface area contributed by atoms with Gasteiger partial charge in [0, 0.05) is 43.6 Å². The van der Waals surface area contributed by atoms with Crippen LogP contribution < -0.4 is 0 Å². The first-order valence-electron chi connectivity index (χ1n) is 6.69. The van der Waals surface area contributed by atoms with E-state index in [0.29, 0.717) is 30.4 Å². The number of rotatable bonds is 9. The minimum Gasteiger partial charge on any atom is -0.310 e. The number of halogens is 2. The lowest BCUT2D eigenvalue weighted by molar-refractivity contribution is -0.384. The number of benzene rings is 1. The summed E-state index contributed by atoms with van der Waals surface area (Å²) in [4.78, 5) is 10.2. The molecule has 2 atom stereocenters. The molecule has 2 unspecified atom stereocenters. The van der Waals surface area contributed by atoms with Crippen molar-refractivity contribution in [1.82, 2.24) is 4.67 Å². The highest BCUT2D eigenvalue weighted by Gasteiger charge is 2.28. The SMILES string of the molecule is CC(OP(C)(=O)N(CCCl)CCCl)c1ccc([N+](=O)[O-])cc1. The van der Waals surface area contributed by atoms with Gasteiger partial charge in [-0.25, -0.2) is 4.67 Å². The number of hydrogen-bond acceptors (Lipinski definition) is 4. The summed E-state index contributed by atoms with van der Waals surface area (Å²) in [6.07, 6.45) is -0.468. The van der Waals surface area contributed by atoms with E-state index in [9.17, 15) is 14.7 Å². The van der Waals surface area contributed by atoms with Gasteiger partial charge < -0.3 is 4.52 Å². The van der Waals surface area contributed by atoms with E-state index >= 15 is 0 Å². The number of nitrogens with zero attached hydrogens (tertiary/aromatic N) is 2. The van der Waals surface area contributed by atoms with Crippen LogP contribution in [0.2, 0.25) is 0 Å². The largest absolute Gasteiger partial charge is 0.310 e. The molecule has 9 heteroatoms. The molecule has 0 spiro atoms. The first-order chi connectivity index (χ1) is 10.3. The Morgan fingerprint density at radius 1 is 1.27 bits per heavy atom. The van der Waals surface area contributed by atoms with E-state index < -0.39 is 18.5 Å². The zero-order valence-electron chi connectivity index (χ0n) is 12.4. The third kappa shape index (κ3) is 5.52. The maximum absolute atomic E-state index is 12.7. The van der Waals surface area contributed by atoms with Gasteiger partial charge in [0.15, 0.2) is 0 Å². The van der Waals surface area contributed by atoms with Crippen LogP contribution in [-0.4, -0.2) is 41.1 Å². The lowest BCUT2D eigenvalue weighted by Crippen LogP contribution is -2.26. The maximum Gasteiger partial charge on any atom is 0.270 e. The van der Waals surface area contributed by atoms with Gasteiger partial charge >= 0.3 is 0 Å². The molecule has 0 aromatic heterocycles. The Balaban J connectivity index is 2.82. The van der Waals surface area contributed by atoms with Crippen molar-refractivity contribution >= 4 is 36.4 Å². The van der Waals surface area contributed by atoms with Gasteiger partial charge in [-0.3, -0.25) is 14.7 Å². The van der Waals surface area contributed by atoms with Crippen molar-refractivity contribution in [2.24, 2.45) is 0 Å². The highest BCUT2D eigenvalue weighted by Crippen LogP contribution is 2.50. The average Bonchev–Trinajstić information content (AvgIpc) is 2.46. The summed E-state index contributed by atoms with van der Waals surface area (Å²) in [7, 11) is -3.06. The van der Waals surface area contributed by atoms with E-state index in [-0.39, 0.29) is 5.69 Å². The number of non-ortho nitro benzene ring substituents is 1. The Kier molecular flexibility index (Phi) is 7.80. The summed E-state index contributed by atoms with van der Waals surface area (Å²) in [5, 5.41) is 10.6. The molecular formula is C13H19Cl2N2O4P. The van der Waals surface area contributed by atoms with E-state index in [1.165, 1.54) is 18.8 Å². The van der Waals surface area contributed by atoms with Crippen LogP contribution in [0.25, 0.3) is 0 Å². The van der Waals surface area contributed by atoms with Crippen molar-refractivity contribution in [2.45, 2.75) is 13.0 Å². The predicted molar refractivity (Wildman–Crippen MR) is 89.1 cm³/mol. The molecule has 0 radical (unpaired) electrons. The molecule has 0 bridgehead atoms. The molecule has 1 aromatic rings. The van der Waals surface area contributed by atoms with E-state index in [0.717, 1.165) is 0 Å². The number of nitro benzene ring substituents is 1. The van der Waals surface area contributed by atoms with Gasteiger partial charge in [-0.2, -0.15) is 0 Å². The van der Waals surface area contributed by atoms with Crippen molar-refractivity contribution < 1.29 is 14.0 Å². The van der Waals surface area contributed by atoms with Gasteiger partial charge in [-0.1, -0.05) is 0 Å². The molecule has 124 valence electrons. The van der Waals surface area contributed by atoms with Gasteiger partial charge in [0.2, 0.25) is 0 Å². The van der Waals surface area contributed by atoms with Crippen LogP contribution in [-0.2, 0) is 9.09 Å². The van der Waals surface area contributed by atoms with E-state index in [2.05, 4.69) is 0 Å². The Morgan fingerprint density at radius 3 is 2.18 bits per heavy atom. The molecule has 0 N–H and O–H groups in total. The van der Waals surface area contributed by atoms with Crippen molar-refractivity contribution in [2.75, 3.05) is 31.5 Å². The molecule has 0 fully saturated rings. The highest BCUT2D eigenvalue weighted by molar-refractivity contribution is 7.55. The molecule has 0 saturated heterocycles. The van der Waals surface area contributed by atoms with Crippen LogP contribution in [0, 0.1) is 10.1 Å². The minimum atomic E-state index is -3.06. The summed E-state index contributed by atoms with van der Waals surface area (Å²) in [5.41, 5.74) is 0.714. The van der Waals surface area contributed by atoms with Gasteiger partial charge in [0.25, 0.3) is 13.2 Å². The molecule has 0 aliphatic heterocycles. The first kappa shape index (κ1) is 19.4. The third-order valence-electron chi connectivity index (χ3n) is 3.13. The molecular weight excluding hydrogens is 350 g/mol. The second kappa shape index (κ2) is 8.85. The lowest BCUT2D eigenvalue weighted by atomic mass is 10.1. The molecule has 6 nitrogen and oxygen atoms in total. The van der Waals surface area contributed by atoms with Crippen LogP contribution in [0.4, 0.5) is 5.69 Å². The summed E-state index contributed by atoms with van der Waals surface area (Å²) in [6, 6.07) is 5.97. The highest BCUT2D eigenvalue weighted by atomic mass is 35.5. The predicted octanol–water partition coefficient (Wildman–Crippen LogP) is 4.27. The van der Waals surface area contributed by atoms with Crippen LogP contribution >= 0.6 is 30.7 Å². The van der Waals surface area contributed by atoms with E-state index in [1.807, 2.05) is 0 Å². The molecule has 0 aliphatic carbocycles. The molecule has 0 amide bonds. The number of alkyl halides is 2. The van der Waals surface area contributed by atoms with Crippen LogP contribution in [0.1, 0.15) is 18.6 Å². The summed E-state index contributed by atoms with van der Waals surface area (Å²) < 4.78 is 20.1. The minimum absolute atomic E-state index is 0.00142. The summed E-state index contributed by atoms with van der Waals surface area (Å²) in [6.45, 7) is 4.09. The van der Waals surface area contributed by atoms with Crippen LogP contribution in [0.3, 0.4) is 0 Å². The van der Waals surface area contributed by atoms with Gasteiger partial charge in [-0.05, 0) is 24.6 Å². The molecule has 22 heavy (non-hydrogen) atoms. The van der Waals surface area contributed by atoms with Gasteiger partial charge in [0.05, 0.1) is 11.0 Å². The molecule has 0 aliphatic rings. The Morgan fingerprint density at radius 2 is 1.77 bits per heavy atom. The zero-order valence-corrected chi connectivity index (χ0v) is 14.9. The molecule has 1 aromatic carbocycles. The topological polar surface area (TPSA) is 72.7 Å². The molecule has 0 heterocycles. The van der Waals surface area contributed by atoms with Gasteiger partial charge in [0.1, 0.15) is 0 Å². The van der Waals surface area contributed by atoms with E-state index in [1.54, 1.807) is 23.7 Å². The van der Waals surface area contributed by atoms with Crippen LogP contribution in [0.5, 0.6) is 0 Å². The standard InChI is InChI=1S/C13H19Cl2N2O4P/c1-11(12-3-5-13(6-4-12)17(18)19)21-22(2,20)16(9-7-14)10-8-15/h3-6,11H,7-10H2,1-2H3. The first-order valence-corrected chi connectivity index (χ1v) is 9.78. The normalized spacial score (nSPS) is 15.5. The fraction of sp³-hybridized carbons (Fsp3) is 0.538. The fourth-order valence-corrected chi connectivity index (χ4v) is 4.37. The Labute approximate surface area is 140 Å². The Bertz CT molecular complexity index is 535. The van der Waals surface area contributed by atoms with Crippen molar-refractivity contribution in [1.29, 1.82) is 0 Å². The Hall–Kier alpha value is -0.650. The lowest BCUT2D eigenvalue weighted by Gasteiger charge is -2.29. The molecule has 0 saturated carbocycles. The second-order valence-corrected chi connectivity index (χ2v) is 7.87. The van der Waals surface area contributed by atoms with Crippen molar-refractivity contribution in [3.63, 3.8) is 0 Å². The quantitative estimate of drug-likeness (QED) is 0.281. The summed E-state index contributed by atoms with van der Waals surface area (Å²) >= 11 is 11.4. The van der Waals surface area contributed by atoms with Crippen molar-refractivity contribution in [3.8, 4) is 0 Å². The van der Waals surface area contributed by atoms with Gasteiger partial charge in [-0.15, -0.1) is 23.2 Å². The number of hydrogen-bond donors (Lipinski definition) is 0. The fourth-order valence-electron chi connectivity index (χ4n) is 1.96. The average molecular weight is 369 g/mol. The maximum atomic E-state index is 12.7. The number of nitro groups is 1. The van der Waals surface area contributed by atoms with Crippen LogP contribution in [0.15, 0.2) is 24.3 Å². The third-order valence-corrected chi connectivity index (χ3v) is 5.60. The monoisotopic (exact) mass is 368 g/mol. The molecule has 1 rings (SSSR count). The second-order valence-electron chi connectivity index (χ2n) is 4.73. The summed E-state index contributed by atoms with van der Waals surface area (Å²) in [5.74, 6) is 0.647. The van der Waals surface area contributed by atoms with E-state index in [4.69, 9.17) is 27.7 Å². The zero-order chi connectivity index (χ0) is 16.8.